The highest BCUT2D eigenvalue weighted by molar-refractivity contribution is 5.91. The Labute approximate surface area is 107 Å². The van der Waals surface area contributed by atoms with Gasteiger partial charge in [-0.25, -0.2) is 0 Å². The number of carbonyl (C=O) groups excluding carboxylic acids is 1. The zero-order valence-electron chi connectivity index (χ0n) is 10.3. The monoisotopic (exact) mass is 243 g/mol. The van der Waals surface area contributed by atoms with E-state index in [2.05, 4.69) is 18.0 Å². The van der Waals surface area contributed by atoms with Crippen LogP contribution in [0.2, 0.25) is 0 Å². The summed E-state index contributed by atoms with van der Waals surface area (Å²) in [6, 6.07) is 5.98. The van der Waals surface area contributed by atoms with E-state index in [1.165, 1.54) is 5.56 Å². The number of ether oxygens (including phenoxy) is 1. The van der Waals surface area contributed by atoms with Crippen molar-refractivity contribution in [3.05, 3.63) is 48.1 Å². The average Bonchev–Trinajstić information content (AvgIpc) is 2.84. The predicted octanol–water partition coefficient (Wildman–Crippen LogP) is 2.33. The highest BCUT2D eigenvalue weighted by atomic mass is 16.5. The third-order valence-electron chi connectivity index (χ3n) is 2.79. The maximum atomic E-state index is 11.5. The summed E-state index contributed by atoms with van der Waals surface area (Å²) < 4.78 is 5.43. The molecule has 1 heterocycles. The number of hydrogen-bond donors (Lipinski definition) is 1. The normalized spacial score (nSPS) is 13.1. The summed E-state index contributed by atoms with van der Waals surface area (Å²) in [6.45, 7) is 4.99. The van der Waals surface area contributed by atoms with Crippen molar-refractivity contribution >= 4 is 12.0 Å². The molecule has 1 aliphatic heterocycles. The molecule has 0 radical (unpaired) electrons. The molecule has 0 aliphatic carbocycles. The Morgan fingerprint density at radius 3 is 3.22 bits per heavy atom. The van der Waals surface area contributed by atoms with E-state index in [1.807, 2.05) is 18.2 Å². The fourth-order valence-electron chi connectivity index (χ4n) is 1.84. The molecule has 2 rings (SSSR count). The van der Waals surface area contributed by atoms with Crippen LogP contribution in [0.1, 0.15) is 17.5 Å². The van der Waals surface area contributed by atoms with Gasteiger partial charge in [0.15, 0.2) is 0 Å². The molecule has 1 aromatic carbocycles. The van der Waals surface area contributed by atoms with Gasteiger partial charge in [0.05, 0.1) is 6.61 Å². The Kier molecular flexibility index (Phi) is 4.18. The smallest absolute Gasteiger partial charge is 0.244 e. The Morgan fingerprint density at radius 1 is 1.50 bits per heavy atom. The van der Waals surface area contributed by atoms with Crippen LogP contribution in [0, 0.1) is 0 Å². The third kappa shape index (κ3) is 3.23. The van der Waals surface area contributed by atoms with E-state index in [-0.39, 0.29) is 5.91 Å². The van der Waals surface area contributed by atoms with Crippen molar-refractivity contribution in [1.82, 2.24) is 5.32 Å². The Morgan fingerprint density at radius 2 is 2.39 bits per heavy atom. The van der Waals surface area contributed by atoms with Gasteiger partial charge < -0.3 is 10.1 Å². The van der Waals surface area contributed by atoms with Crippen LogP contribution < -0.4 is 10.1 Å². The van der Waals surface area contributed by atoms with E-state index in [0.29, 0.717) is 6.54 Å². The Balaban J connectivity index is 1.92. The predicted molar refractivity (Wildman–Crippen MR) is 72.5 cm³/mol. The average molecular weight is 243 g/mol. The Hall–Kier alpha value is -2.03. The summed E-state index contributed by atoms with van der Waals surface area (Å²) in [6.07, 6.45) is 6.89. The third-order valence-corrected chi connectivity index (χ3v) is 2.79. The summed E-state index contributed by atoms with van der Waals surface area (Å²) in [4.78, 5) is 11.5. The second-order valence-electron chi connectivity index (χ2n) is 4.17. The maximum Gasteiger partial charge on any atom is 0.244 e. The van der Waals surface area contributed by atoms with Crippen molar-refractivity contribution in [2.75, 3.05) is 13.2 Å². The molecule has 0 unspecified atom stereocenters. The van der Waals surface area contributed by atoms with E-state index >= 15 is 0 Å². The van der Waals surface area contributed by atoms with Gasteiger partial charge in [0.1, 0.15) is 5.75 Å². The van der Waals surface area contributed by atoms with Gasteiger partial charge in [-0.05, 0) is 35.8 Å². The SMILES string of the molecule is C=CCCNC(=O)/C=C/c1ccc2c(c1)CCO2. The minimum atomic E-state index is -0.0754. The second kappa shape index (κ2) is 6.05. The van der Waals surface area contributed by atoms with Gasteiger partial charge in [0.2, 0.25) is 5.91 Å². The molecule has 0 saturated heterocycles. The van der Waals surface area contributed by atoms with Crippen molar-refractivity contribution in [2.45, 2.75) is 12.8 Å². The van der Waals surface area contributed by atoms with E-state index < -0.39 is 0 Å². The molecule has 3 nitrogen and oxygen atoms in total. The van der Waals surface area contributed by atoms with Crippen LogP contribution in [0.5, 0.6) is 5.75 Å². The number of amides is 1. The van der Waals surface area contributed by atoms with Crippen LogP contribution >= 0.6 is 0 Å². The van der Waals surface area contributed by atoms with Crippen LogP contribution in [-0.2, 0) is 11.2 Å². The molecule has 0 spiro atoms. The first-order chi connectivity index (χ1) is 8.79. The lowest BCUT2D eigenvalue weighted by atomic mass is 10.1. The highest BCUT2D eigenvalue weighted by Crippen LogP contribution is 2.26. The van der Waals surface area contributed by atoms with Gasteiger partial charge in [0, 0.05) is 19.0 Å². The summed E-state index contributed by atoms with van der Waals surface area (Å²) in [5.41, 5.74) is 2.24. The van der Waals surface area contributed by atoms with Gasteiger partial charge in [-0.15, -0.1) is 6.58 Å². The van der Waals surface area contributed by atoms with Crippen LogP contribution in [-0.4, -0.2) is 19.1 Å². The molecule has 0 bridgehead atoms. The van der Waals surface area contributed by atoms with E-state index in [0.717, 1.165) is 30.8 Å². The minimum Gasteiger partial charge on any atom is -0.493 e. The minimum absolute atomic E-state index is 0.0754. The largest absolute Gasteiger partial charge is 0.493 e. The lowest BCUT2D eigenvalue weighted by molar-refractivity contribution is -0.116. The zero-order valence-corrected chi connectivity index (χ0v) is 10.3. The molecule has 1 N–H and O–H groups in total. The first-order valence-corrected chi connectivity index (χ1v) is 6.12. The van der Waals surface area contributed by atoms with Gasteiger partial charge in [-0.1, -0.05) is 12.1 Å². The molecule has 94 valence electrons. The number of carbonyl (C=O) groups is 1. The quantitative estimate of drug-likeness (QED) is 0.489. The zero-order chi connectivity index (χ0) is 12.8. The molecular weight excluding hydrogens is 226 g/mol. The standard InChI is InChI=1S/C15H17NO2/c1-2-3-9-16-15(17)7-5-12-4-6-14-13(11-12)8-10-18-14/h2,4-7,11H,1,3,8-10H2,(H,16,17)/b7-5+. The first kappa shape index (κ1) is 12.4. The van der Waals surface area contributed by atoms with E-state index in [1.54, 1.807) is 12.2 Å². The van der Waals surface area contributed by atoms with Crippen molar-refractivity contribution in [1.29, 1.82) is 0 Å². The van der Waals surface area contributed by atoms with Crippen LogP contribution in [0.4, 0.5) is 0 Å². The summed E-state index contributed by atoms with van der Waals surface area (Å²) in [5.74, 6) is 0.885. The van der Waals surface area contributed by atoms with E-state index in [4.69, 9.17) is 4.74 Å². The summed E-state index contributed by atoms with van der Waals surface area (Å²) in [7, 11) is 0. The van der Waals surface area contributed by atoms with Crippen LogP contribution in [0.15, 0.2) is 36.9 Å². The molecule has 1 aliphatic rings. The van der Waals surface area contributed by atoms with Crippen molar-refractivity contribution in [3.63, 3.8) is 0 Å². The highest BCUT2D eigenvalue weighted by Gasteiger charge is 2.10. The first-order valence-electron chi connectivity index (χ1n) is 6.12. The van der Waals surface area contributed by atoms with Crippen molar-refractivity contribution < 1.29 is 9.53 Å². The van der Waals surface area contributed by atoms with Gasteiger partial charge in [-0.3, -0.25) is 4.79 Å². The summed E-state index contributed by atoms with van der Waals surface area (Å²) >= 11 is 0. The second-order valence-corrected chi connectivity index (χ2v) is 4.17. The van der Waals surface area contributed by atoms with Crippen LogP contribution in [0.3, 0.4) is 0 Å². The van der Waals surface area contributed by atoms with Crippen molar-refractivity contribution in [3.8, 4) is 5.75 Å². The number of benzene rings is 1. The number of nitrogens with one attached hydrogen (secondary N) is 1. The lowest BCUT2D eigenvalue weighted by Crippen LogP contribution is -2.21. The molecule has 0 atom stereocenters. The molecule has 0 saturated carbocycles. The fraction of sp³-hybridized carbons (Fsp3) is 0.267. The number of hydrogen-bond acceptors (Lipinski definition) is 2. The van der Waals surface area contributed by atoms with Crippen molar-refractivity contribution in [2.24, 2.45) is 0 Å². The molecule has 3 heteroatoms. The van der Waals surface area contributed by atoms with Gasteiger partial charge in [0.25, 0.3) is 0 Å². The molecule has 0 fully saturated rings. The number of rotatable bonds is 5. The van der Waals surface area contributed by atoms with E-state index in [9.17, 15) is 4.79 Å². The summed E-state index contributed by atoms with van der Waals surface area (Å²) in [5, 5.41) is 2.78. The molecule has 0 aromatic heterocycles. The maximum absolute atomic E-state index is 11.5. The van der Waals surface area contributed by atoms with Gasteiger partial charge in [-0.2, -0.15) is 0 Å². The van der Waals surface area contributed by atoms with Gasteiger partial charge >= 0.3 is 0 Å². The van der Waals surface area contributed by atoms with Crippen LogP contribution in [0.25, 0.3) is 6.08 Å². The topological polar surface area (TPSA) is 38.3 Å². The Bertz CT molecular complexity index is 477. The fourth-order valence-corrected chi connectivity index (χ4v) is 1.84. The molecule has 1 aromatic rings. The molecule has 18 heavy (non-hydrogen) atoms. The lowest BCUT2D eigenvalue weighted by Gasteiger charge is -2.00. The number of fused-ring (bicyclic) bond motifs is 1. The molecule has 1 amide bonds. The molecular formula is C15H17NO2.